The highest BCUT2D eigenvalue weighted by Crippen LogP contribution is 2.50. The number of benzene rings is 2. The number of hydrogen-bond acceptors (Lipinski definition) is 4. The molecule has 6 nitrogen and oxygen atoms in total. The normalized spacial score (nSPS) is 18.0. The largest absolute Gasteiger partial charge is 0.338 e. The zero-order chi connectivity index (χ0) is 24.1. The predicted octanol–water partition coefficient (Wildman–Crippen LogP) is 5.11. The van der Waals surface area contributed by atoms with Crippen molar-refractivity contribution in [2.45, 2.75) is 36.5 Å². The maximum absolute atomic E-state index is 13.6. The van der Waals surface area contributed by atoms with Crippen LogP contribution in [-0.4, -0.2) is 48.8 Å². The fraction of sp³-hybridized carbons (Fsp3) is 0.346. The summed E-state index contributed by atoms with van der Waals surface area (Å²) >= 11 is 6.32. The van der Waals surface area contributed by atoms with E-state index in [4.69, 9.17) is 18.2 Å². The van der Waals surface area contributed by atoms with Crippen molar-refractivity contribution in [2.75, 3.05) is 19.3 Å². The maximum Gasteiger partial charge on any atom is 0.258 e. The van der Waals surface area contributed by atoms with Crippen LogP contribution < -0.4 is 0 Å². The molecule has 2 fully saturated rings. The van der Waals surface area contributed by atoms with E-state index in [1.807, 2.05) is 36.4 Å². The summed E-state index contributed by atoms with van der Waals surface area (Å²) in [6.07, 6.45) is 5.47. The smallest absolute Gasteiger partial charge is 0.258 e. The van der Waals surface area contributed by atoms with Crippen molar-refractivity contribution in [1.82, 2.24) is 9.88 Å². The first-order valence-corrected chi connectivity index (χ1v) is 13.6. The van der Waals surface area contributed by atoms with Gasteiger partial charge in [-0.1, -0.05) is 35.9 Å². The van der Waals surface area contributed by atoms with Crippen molar-refractivity contribution in [3.05, 3.63) is 76.2 Å². The van der Waals surface area contributed by atoms with Gasteiger partial charge >= 0.3 is 0 Å². The fourth-order valence-corrected chi connectivity index (χ4v) is 6.07. The second-order valence-electron chi connectivity index (χ2n) is 9.25. The van der Waals surface area contributed by atoms with E-state index in [1.165, 1.54) is 6.26 Å². The monoisotopic (exact) mass is 493 g/mol. The average molecular weight is 494 g/mol. The van der Waals surface area contributed by atoms with Gasteiger partial charge in [-0.25, -0.2) is 15.0 Å². The molecule has 3 aromatic rings. The van der Waals surface area contributed by atoms with Crippen LogP contribution in [0.4, 0.5) is 0 Å². The number of rotatable bonds is 4. The van der Waals surface area contributed by atoms with Crippen molar-refractivity contribution < 1.29 is 13.2 Å². The number of pyridine rings is 1. The van der Waals surface area contributed by atoms with Gasteiger partial charge in [0, 0.05) is 59.9 Å². The summed E-state index contributed by atoms with van der Waals surface area (Å²) in [6, 6.07) is 13.3. The van der Waals surface area contributed by atoms with E-state index in [2.05, 4.69) is 9.83 Å². The molecule has 34 heavy (non-hydrogen) atoms. The van der Waals surface area contributed by atoms with Crippen molar-refractivity contribution in [1.29, 1.82) is 0 Å². The van der Waals surface area contributed by atoms with Crippen molar-refractivity contribution in [2.24, 2.45) is 0 Å². The van der Waals surface area contributed by atoms with Crippen LogP contribution in [0, 0.1) is 6.57 Å². The van der Waals surface area contributed by atoms with E-state index in [-0.39, 0.29) is 5.91 Å². The van der Waals surface area contributed by atoms with Crippen molar-refractivity contribution in [3.8, 4) is 11.1 Å². The van der Waals surface area contributed by atoms with Crippen LogP contribution >= 0.6 is 11.6 Å². The number of aromatic nitrogens is 1. The number of piperidine rings is 1. The molecular weight excluding hydrogens is 470 g/mol. The Morgan fingerprint density at radius 3 is 2.41 bits per heavy atom. The highest BCUT2D eigenvalue weighted by molar-refractivity contribution is 7.91. The lowest BCUT2D eigenvalue weighted by Crippen LogP contribution is -2.42. The molecule has 0 unspecified atom stereocenters. The lowest BCUT2D eigenvalue weighted by molar-refractivity contribution is 0.0726. The Balaban J connectivity index is 1.56. The number of carbonyl (C=O) groups is 1. The first kappa shape index (κ1) is 22.8. The molecule has 1 aromatic heterocycles. The minimum Gasteiger partial charge on any atom is -0.338 e. The zero-order valence-electron chi connectivity index (χ0n) is 18.8. The second kappa shape index (κ2) is 8.37. The molecule has 0 bridgehead atoms. The molecule has 8 heteroatoms. The molecule has 1 aliphatic heterocycles. The van der Waals surface area contributed by atoms with Crippen LogP contribution in [0.5, 0.6) is 0 Å². The summed E-state index contributed by atoms with van der Waals surface area (Å²) in [4.78, 5) is 23.7. The van der Waals surface area contributed by atoms with E-state index in [9.17, 15) is 13.2 Å². The Bertz CT molecular complexity index is 1430. The number of amides is 1. The van der Waals surface area contributed by atoms with E-state index < -0.39 is 20.6 Å². The van der Waals surface area contributed by atoms with Gasteiger partial charge < -0.3 is 9.74 Å². The second-order valence-corrected chi connectivity index (χ2v) is 12.0. The van der Waals surface area contributed by atoms with Gasteiger partial charge in [0.05, 0.1) is 16.3 Å². The van der Waals surface area contributed by atoms with Gasteiger partial charge in [-0.3, -0.25) is 9.78 Å². The van der Waals surface area contributed by atoms with E-state index in [0.29, 0.717) is 36.5 Å². The Kier molecular flexibility index (Phi) is 5.62. The number of likely N-dealkylation sites (tertiary alicyclic amines) is 1. The molecule has 1 amide bonds. The highest BCUT2D eigenvalue weighted by atomic mass is 35.5. The van der Waals surface area contributed by atoms with Gasteiger partial charge in [-0.15, -0.1) is 0 Å². The third kappa shape index (κ3) is 4.06. The molecule has 2 aliphatic rings. The molecule has 0 radical (unpaired) electrons. The van der Waals surface area contributed by atoms with Crippen LogP contribution in [0.3, 0.4) is 0 Å². The van der Waals surface area contributed by atoms with Crippen LogP contribution in [0.25, 0.3) is 26.9 Å². The van der Waals surface area contributed by atoms with Gasteiger partial charge in [0.1, 0.15) is 9.84 Å². The summed E-state index contributed by atoms with van der Waals surface area (Å²) in [7, 11) is -3.12. The van der Waals surface area contributed by atoms with Crippen molar-refractivity contribution >= 4 is 38.2 Å². The quantitative estimate of drug-likeness (QED) is 0.473. The van der Waals surface area contributed by atoms with Gasteiger partial charge in [0.2, 0.25) is 0 Å². The van der Waals surface area contributed by atoms with Gasteiger partial charge in [-0.05, 0) is 36.6 Å². The molecule has 0 atom stereocenters. The maximum atomic E-state index is 13.6. The van der Waals surface area contributed by atoms with Crippen molar-refractivity contribution in [3.63, 3.8) is 0 Å². The topological polar surface area (TPSA) is 71.7 Å². The third-order valence-electron chi connectivity index (χ3n) is 7.04. The average Bonchev–Trinajstić information content (AvgIpc) is 3.64. The Morgan fingerprint density at radius 1 is 1.15 bits per heavy atom. The van der Waals surface area contributed by atoms with Crippen LogP contribution in [0.2, 0.25) is 5.02 Å². The number of halogens is 1. The highest BCUT2D eigenvalue weighted by Gasteiger charge is 2.52. The molecule has 5 rings (SSSR count). The van der Waals surface area contributed by atoms with Crippen LogP contribution in [-0.2, 0) is 15.4 Å². The third-order valence-corrected chi connectivity index (χ3v) is 8.96. The number of fused-ring (bicyclic) bond motifs is 1. The summed E-state index contributed by atoms with van der Waals surface area (Å²) in [6.45, 7) is 8.30. The summed E-state index contributed by atoms with van der Waals surface area (Å²) in [5.41, 5.74) is 3.40. The Morgan fingerprint density at radius 2 is 1.82 bits per heavy atom. The Hall–Kier alpha value is -2.95. The Labute approximate surface area is 204 Å². The number of nitrogens with zero attached hydrogens (tertiary/aromatic N) is 3. The lowest BCUT2D eigenvalue weighted by atomic mass is 9.93. The number of hydrogen-bond donors (Lipinski definition) is 0. The molecule has 1 aliphatic carbocycles. The fourth-order valence-electron chi connectivity index (χ4n) is 4.83. The predicted molar refractivity (Wildman–Crippen MR) is 133 cm³/mol. The molecule has 1 saturated heterocycles. The number of carbonyl (C=O) groups excluding carboxylic acids is 1. The molecule has 174 valence electrons. The van der Waals surface area contributed by atoms with E-state index in [0.717, 1.165) is 40.4 Å². The summed E-state index contributed by atoms with van der Waals surface area (Å²) in [5.74, 6) is -0.166. The minimum atomic E-state index is -3.12. The van der Waals surface area contributed by atoms with E-state index >= 15 is 0 Å². The SMILES string of the molecule is [C-]#[N+]C1(c2ccc(-c3c(C(=O)N4CCC(S(C)(=O)=O)CC4)cnc4ccc(Cl)cc34)cc2)CC1. The van der Waals surface area contributed by atoms with Crippen LogP contribution in [0.15, 0.2) is 48.7 Å². The molecule has 0 N–H and O–H groups in total. The lowest BCUT2D eigenvalue weighted by Gasteiger charge is -2.31. The minimum absolute atomic E-state index is 0.166. The van der Waals surface area contributed by atoms with Gasteiger partial charge in [-0.2, -0.15) is 0 Å². The molecule has 2 aromatic carbocycles. The molecular formula is C26H24ClN3O3S. The first-order chi connectivity index (χ1) is 16.2. The van der Waals surface area contributed by atoms with Crippen LogP contribution in [0.1, 0.15) is 41.6 Å². The number of sulfone groups is 1. The van der Waals surface area contributed by atoms with Gasteiger partial charge in [0.15, 0.2) is 0 Å². The van der Waals surface area contributed by atoms with E-state index in [1.54, 1.807) is 17.2 Å². The zero-order valence-corrected chi connectivity index (χ0v) is 20.4. The standard InChI is InChI=1S/C26H24ClN3O3S/c1-28-26(11-12-26)18-5-3-17(4-6-18)24-21-15-19(27)7-8-23(21)29-16-22(24)25(31)30-13-9-20(10-14-30)34(2,32)33/h3-8,15-16,20H,9-14H2,2H3. The van der Waals surface area contributed by atoms with Gasteiger partial charge in [0.25, 0.3) is 11.4 Å². The summed E-state index contributed by atoms with van der Waals surface area (Å²) < 4.78 is 23.9. The summed E-state index contributed by atoms with van der Waals surface area (Å²) in [5, 5.41) is 0.924. The molecule has 1 saturated carbocycles. The molecule has 0 spiro atoms. The molecule has 2 heterocycles. The first-order valence-electron chi connectivity index (χ1n) is 11.3.